The van der Waals surface area contributed by atoms with Crippen LogP contribution in [0.4, 0.5) is 5.69 Å². The molecule has 3 rings (SSSR count). The van der Waals surface area contributed by atoms with Crippen molar-refractivity contribution < 1.29 is 14.4 Å². The highest BCUT2D eigenvalue weighted by Gasteiger charge is 2.09. The topological polar surface area (TPSA) is 114 Å². The molecule has 0 aliphatic heterocycles. The lowest BCUT2D eigenvalue weighted by molar-refractivity contribution is 0.0951. The first-order valence-electron chi connectivity index (χ1n) is 9.01. The predicted octanol–water partition coefficient (Wildman–Crippen LogP) is 2.41. The quantitative estimate of drug-likeness (QED) is 0.576. The molecule has 0 saturated heterocycles. The molecule has 7 nitrogen and oxygen atoms in total. The van der Waals surface area contributed by atoms with Crippen LogP contribution in [0.1, 0.15) is 36.6 Å². The minimum atomic E-state index is -0.485. The largest absolute Gasteiger partial charge is 0.366 e. The lowest BCUT2D eigenvalue weighted by atomic mass is 10.1. The molecule has 7 heteroatoms. The molecular formula is C22H20N4O3. The molecule has 0 fully saturated rings. The summed E-state index contributed by atoms with van der Waals surface area (Å²) in [4.78, 5) is 39.8. The van der Waals surface area contributed by atoms with E-state index >= 15 is 0 Å². The van der Waals surface area contributed by atoms with Crippen molar-refractivity contribution in [1.29, 1.82) is 0 Å². The van der Waals surface area contributed by atoms with Crippen molar-refractivity contribution in [2.75, 3.05) is 11.9 Å². The number of nitrogens with two attached hydrogens (primary N) is 1. The van der Waals surface area contributed by atoms with Crippen molar-refractivity contribution in [3.8, 4) is 0 Å². The molecule has 0 aliphatic carbocycles. The molecule has 0 unspecified atom stereocenters. The monoisotopic (exact) mass is 388 g/mol. The van der Waals surface area contributed by atoms with Gasteiger partial charge in [0.1, 0.15) is 0 Å². The molecule has 1 heterocycles. The van der Waals surface area contributed by atoms with Gasteiger partial charge in [-0.1, -0.05) is 18.2 Å². The number of hydrogen-bond acceptors (Lipinski definition) is 4. The molecule has 0 saturated carbocycles. The Balaban J connectivity index is 1.57. The Labute approximate surface area is 168 Å². The first-order valence-corrected chi connectivity index (χ1v) is 9.01. The maximum absolute atomic E-state index is 12.4. The minimum Gasteiger partial charge on any atom is -0.366 e. The molecular weight excluding hydrogens is 368 g/mol. The number of hydrogen-bond donors (Lipinski definition) is 3. The fraction of sp³-hybridized carbons (Fsp3) is 0.0909. The van der Waals surface area contributed by atoms with Gasteiger partial charge in [0.05, 0.1) is 5.56 Å². The molecule has 0 atom stereocenters. The van der Waals surface area contributed by atoms with E-state index in [1.165, 1.54) is 6.20 Å². The van der Waals surface area contributed by atoms with E-state index in [0.717, 1.165) is 5.56 Å². The van der Waals surface area contributed by atoms with Crippen LogP contribution in [0.25, 0.3) is 0 Å². The zero-order chi connectivity index (χ0) is 20.6. The van der Waals surface area contributed by atoms with Crippen LogP contribution in [0.2, 0.25) is 0 Å². The van der Waals surface area contributed by atoms with Gasteiger partial charge < -0.3 is 16.4 Å². The molecule has 2 aromatic carbocycles. The predicted molar refractivity (Wildman–Crippen MR) is 110 cm³/mol. The molecule has 29 heavy (non-hydrogen) atoms. The number of rotatable bonds is 7. The van der Waals surface area contributed by atoms with Crippen LogP contribution in [-0.4, -0.2) is 29.3 Å². The summed E-state index contributed by atoms with van der Waals surface area (Å²) in [5, 5.41) is 5.58. The number of pyridine rings is 1. The Morgan fingerprint density at radius 2 is 1.62 bits per heavy atom. The van der Waals surface area contributed by atoms with Gasteiger partial charge in [0.25, 0.3) is 11.8 Å². The van der Waals surface area contributed by atoms with Crippen LogP contribution in [0.5, 0.6) is 0 Å². The Hall–Kier alpha value is -4.00. The molecule has 1 aromatic heterocycles. The van der Waals surface area contributed by atoms with Gasteiger partial charge in [0, 0.05) is 35.8 Å². The number of primary amides is 1. The number of benzene rings is 2. The second-order valence-corrected chi connectivity index (χ2v) is 6.35. The second kappa shape index (κ2) is 9.27. The Kier molecular flexibility index (Phi) is 6.32. The highest BCUT2D eigenvalue weighted by molar-refractivity contribution is 6.04. The van der Waals surface area contributed by atoms with Crippen molar-refractivity contribution in [3.63, 3.8) is 0 Å². The number of carbonyl (C=O) groups excluding carboxylic acids is 3. The number of nitrogens with one attached hydrogen (secondary N) is 2. The molecule has 3 amide bonds. The van der Waals surface area contributed by atoms with E-state index in [0.29, 0.717) is 35.3 Å². The standard InChI is InChI=1S/C22H20N4O3/c23-20(27)16-5-1-4-15(12-16)9-11-25-21(28)17-6-2-8-19(13-17)26-22(29)18-7-3-10-24-14-18/h1-8,10,12-14H,9,11H2,(H2,23,27)(H,25,28)(H,26,29). The van der Waals surface area contributed by atoms with Gasteiger partial charge in [-0.25, -0.2) is 0 Å². The van der Waals surface area contributed by atoms with E-state index in [4.69, 9.17) is 5.73 Å². The maximum Gasteiger partial charge on any atom is 0.257 e. The van der Waals surface area contributed by atoms with Crippen LogP contribution in [0.3, 0.4) is 0 Å². The van der Waals surface area contributed by atoms with E-state index in [2.05, 4.69) is 15.6 Å². The molecule has 0 spiro atoms. The molecule has 0 aliphatic rings. The van der Waals surface area contributed by atoms with Crippen LogP contribution in [0.15, 0.2) is 73.1 Å². The molecule has 0 bridgehead atoms. The van der Waals surface area contributed by atoms with Crippen LogP contribution in [-0.2, 0) is 6.42 Å². The van der Waals surface area contributed by atoms with Crippen LogP contribution in [0, 0.1) is 0 Å². The molecule has 4 N–H and O–H groups in total. The smallest absolute Gasteiger partial charge is 0.257 e. The minimum absolute atomic E-state index is 0.256. The third kappa shape index (κ3) is 5.49. The number of anilines is 1. The third-order valence-electron chi connectivity index (χ3n) is 4.22. The SMILES string of the molecule is NC(=O)c1cccc(CCNC(=O)c2cccc(NC(=O)c3cccnc3)c2)c1. The van der Waals surface area contributed by atoms with Crippen LogP contribution < -0.4 is 16.4 Å². The van der Waals surface area contributed by atoms with E-state index in [1.54, 1.807) is 60.8 Å². The second-order valence-electron chi connectivity index (χ2n) is 6.35. The fourth-order valence-corrected chi connectivity index (χ4v) is 2.74. The van der Waals surface area contributed by atoms with Gasteiger partial charge in [-0.3, -0.25) is 19.4 Å². The zero-order valence-electron chi connectivity index (χ0n) is 15.6. The summed E-state index contributed by atoms with van der Waals surface area (Å²) in [5.74, 6) is -1.04. The average molecular weight is 388 g/mol. The first-order chi connectivity index (χ1) is 14.0. The van der Waals surface area contributed by atoms with Crippen molar-refractivity contribution in [1.82, 2.24) is 10.3 Å². The highest BCUT2D eigenvalue weighted by atomic mass is 16.2. The summed E-state index contributed by atoms with van der Waals surface area (Å²) in [6, 6.07) is 17.0. The van der Waals surface area contributed by atoms with Crippen molar-refractivity contribution >= 4 is 23.4 Å². The summed E-state index contributed by atoms with van der Waals surface area (Å²) in [6.07, 6.45) is 3.62. The fourth-order valence-electron chi connectivity index (χ4n) is 2.74. The number of amides is 3. The number of nitrogens with zero attached hydrogens (tertiary/aromatic N) is 1. The number of carbonyl (C=O) groups is 3. The Morgan fingerprint density at radius 3 is 2.38 bits per heavy atom. The molecule has 3 aromatic rings. The third-order valence-corrected chi connectivity index (χ3v) is 4.22. The van der Waals surface area contributed by atoms with Crippen molar-refractivity contribution in [3.05, 3.63) is 95.3 Å². The lowest BCUT2D eigenvalue weighted by Gasteiger charge is -2.09. The Bertz CT molecular complexity index is 1030. The summed E-state index contributed by atoms with van der Waals surface area (Å²) in [5.41, 5.74) is 7.99. The maximum atomic E-state index is 12.4. The van der Waals surface area contributed by atoms with E-state index in [9.17, 15) is 14.4 Å². The number of aromatic nitrogens is 1. The average Bonchev–Trinajstić information content (AvgIpc) is 2.74. The normalized spacial score (nSPS) is 10.2. The summed E-state index contributed by atoms with van der Waals surface area (Å²) in [6.45, 7) is 0.396. The van der Waals surface area contributed by atoms with Gasteiger partial charge in [-0.2, -0.15) is 0 Å². The van der Waals surface area contributed by atoms with Crippen molar-refractivity contribution in [2.24, 2.45) is 5.73 Å². The highest BCUT2D eigenvalue weighted by Crippen LogP contribution is 2.12. The van der Waals surface area contributed by atoms with E-state index in [-0.39, 0.29) is 11.8 Å². The summed E-state index contributed by atoms with van der Waals surface area (Å²) in [7, 11) is 0. The van der Waals surface area contributed by atoms with Gasteiger partial charge in [0.2, 0.25) is 5.91 Å². The van der Waals surface area contributed by atoms with E-state index in [1.807, 2.05) is 6.07 Å². The van der Waals surface area contributed by atoms with Crippen LogP contribution >= 0.6 is 0 Å². The lowest BCUT2D eigenvalue weighted by Crippen LogP contribution is -2.26. The van der Waals surface area contributed by atoms with Gasteiger partial charge >= 0.3 is 0 Å². The summed E-state index contributed by atoms with van der Waals surface area (Å²) >= 11 is 0. The molecule has 146 valence electrons. The van der Waals surface area contributed by atoms with Gasteiger partial charge in [-0.05, 0) is 54.4 Å². The Morgan fingerprint density at radius 1 is 0.862 bits per heavy atom. The zero-order valence-corrected chi connectivity index (χ0v) is 15.6. The molecule has 0 radical (unpaired) electrons. The van der Waals surface area contributed by atoms with E-state index < -0.39 is 5.91 Å². The first kappa shape index (κ1) is 19.8. The summed E-state index contributed by atoms with van der Waals surface area (Å²) < 4.78 is 0. The van der Waals surface area contributed by atoms with Gasteiger partial charge in [-0.15, -0.1) is 0 Å². The van der Waals surface area contributed by atoms with Crippen molar-refractivity contribution in [2.45, 2.75) is 6.42 Å². The van der Waals surface area contributed by atoms with Gasteiger partial charge in [0.15, 0.2) is 0 Å².